The highest BCUT2D eigenvalue weighted by molar-refractivity contribution is 5.91. The number of hydrogen-bond donors (Lipinski definition) is 2. The number of aryl methyl sites for hydroxylation is 1. The van der Waals surface area contributed by atoms with Crippen molar-refractivity contribution < 1.29 is 14.3 Å². The molecule has 2 N–H and O–H groups in total. The Morgan fingerprint density at radius 3 is 2.58 bits per heavy atom. The largest absolute Gasteiger partial charge is 0.384 e. The second-order valence-electron chi connectivity index (χ2n) is 4.12. The maximum absolute atomic E-state index is 11.6. The van der Waals surface area contributed by atoms with Crippen LogP contribution in [-0.2, 0) is 20.7 Å². The third-order valence-electron chi connectivity index (χ3n) is 2.72. The van der Waals surface area contributed by atoms with Gasteiger partial charge in [0.1, 0.15) is 0 Å². The normalized spacial score (nSPS) is 10.0. The van der Waals surface area contributed by atoms with E-state index in [-0.39, 0.29) is 11.8 Å². The minimum Gasteiger partial charge on any atom is -0.384 e. The van der Waals surface area contributed by atoms with Gasteiger partial charge in [0.05, 0.1) is 13.0 Å². The number of nitrogens with one attached hydrogen (secondary N) is 2. The van der Waals surface area contributed by atoms with Crippen molar-refractivity contribution in [2.45, 2.75) is 19.3 Å². The predicted octanol–water partition coefficient (Wildman–Crippen LogP) is 1.34. The van der Waals surface area contributed by atoms with Crippen molar-refractivity contribution in [1.29, 1.82) is 0 Å². The summed E-state index contributed by atoms with van der Waals surface area (Å²) in [6, 6.07) is 7.50. The topological polar surface area (TPSA) is 67.4 Å². The van der Waals surface area contributed by atoms with Crippen molar-refractivity contribution >= 4 is 17.5 Å². The molecule has 0 radical (unpaired) electrons. The lowest BCUT2D eigenvalue weighted by Crippen LogP contribution is -2.19. The summed E-state index contributed by atoms with van der Waals surface area (Å²) < 4.78 is 4.86. The van der Waals surface area contributed by atoms with Crippen molar-refractivity contribution in [2.75, 3.05) is 26.1 Å². The molecule has 0 unspecified atom stereocenters. The number of hydrogen-bond acceptors (Lipinski definition) is 3. The molecule has 0 spiro atoms. The molecule has 0 saturated carbocycles. The number of ether oxygens (including phenoxy) is 1. The number of carbonyl (C=O) groups is 2. The first-order valence-electron chi connectivity index (χ1n) is 6.24. The molecular weight excluding hydrogens is 244 g/mol. The lowest BCUT2D eigenvalue weighted by atomic mass is 10.1. The molecule has 5 heteroatoms. The Morgan fingerprint density at radius 2 is 1.89 bits per heavy atom. The Labute approximate surface area is 113 Å². The zero-order chi connectivity index (χ0) is 14.1. The van der Waals surface area contributed by atoms with Gasteiger partial charge in [-0.05, 0) is 18.1 Å². The molecule has 1 aromatic carbocycles. The number of benzene rings is 1. The summed E-state index contributed by atoms with van der Waals surface area (Å²) in [6.07, 6.45) is 1.32. The highest BCUT2D eigenvalue weighted by atomic mass is 16.5. The Balaban J connectivity index is 2.62. The van der Waals surface area contributed by atoms with Crippen molar-refractivity contribution in [1.82, 2.24) is 5.32 Å². The molecule has 0 fully saturated rings. The molecule has 0 saturated heterocycles. The number of carbonyl (C=O) groups excluding carboxylic acids is 2. The van der Waals surface area contributed by atoms with Gasteiger partial charge in [-0.3, -0.25) is 9.59 Å². The van der Waals surface area contributed by atoms with Crippen LogP contribution in [0, 0.1) is 0 Å². The maximum atomic E-state index is 11.6. The Kier molecular flexibility index (Phi) is 6.60. The molecule has 0 aliphatic heterocycles. The third kappa shape index (κ3) is 5.52. The Bertz CT molecular complexity index is 432. The monoisotopic (exact) mass is 264 g/mol. The first kappa shape index (κ1) is 15.2. The fourth-order valence-corrected chi connectivity index (χ4v) is 1.64. The SMILES string of the molecule is CNC(=O)CCc1ccccc1NC(=O)CCOC. The molecule has 0 aliphatic carbocycles. The first-order valence-corrected chi connectivity index (χ1v) is 6.24. The van der Waals surface area contributed by atoms with E-state index >= 15 is 0 Å². The highest BCUT2D eigenvalue weighted by Gasteiger charge is 2.07. The second kappa shape index (κ2) is 8.26. The highest BCUT2D eigenvalue weighted by Crippen LogP contribution is 2.17. The van der Waals surface area contributed by atoms with E-state index in [1.165, 1.54) is 0 Å². The zero-order valence-corrected chi connectivity index (χ0v) is 11.4. The molecular formula is C14H20N2O3. The van der Waals surface area contributed by atoms with Gasteiger partial charge in [0.15, 0.2) is 0 Å². The minimum absolute atomic E-state index is 0.0134. The van der Waals surface area contributed by atoms with E-state index in [0.29, 0.717) is 25.9 Å². The molecule has 104 valence electrons. The summed E-state index contributed by atoms with van der Waals surface area (Å²) in [5.74, 6) is -0.102. The molecule has 0 bridgehead atoms. The quantitative estimate of drug-likeness (QED) is 0.781. The number of methoxy groups -OCH3 is 1. The van der Waals surface area contributed by atoms with Crippen LogP contribution in [0.5, 0.6) is 0 Å². The standard InChI is InChI=1S/C14H20N2O3/c1-15-13(17)8-7-11-5-3-4-6-12(11)16-14(18)9-10-19-2/h3-6H,7-10H2,1-2H3,(H,15,17)(H,16,18). The van der Waals surface area contributed by atoms with Crippen molar-refractivity contribution in [3.63, 3.8) is 0 Å². The molecule has 19 heavy (non-hydrogen) atoms. The van der Waals surface area contributed by atoms with Crippen LogP contribution >= 0.6 is 0 Å². The van der Waals surface area contributed by atoms with Crippen molar-refractivity contribution in [3.05, 3.63) is 29.8 Å². The van der Waals surface area contributed by atoms with E-state index < -0.39 is 0 Å². The number of rotatable bonds is 7. The van der Waals surface area contributed by atoms with Crippen LogP contribution in [-0.4, -0.2) is 32.6 Å². The lowest BCUT2D eigenvalue weighted by Gasteiger charge is -2.10. The van der Waals surface area contributed by atoms with E-state index in [9.17, 15) is 9.59 Å². The first-order chi connectivity index (χ1) is 9.17. The number of amides is 2. The fourth-order valence-electron chi connectivity index (χ4n) is 1.64. The van der Waals surface area contributed by atoms with Gasteiger partial charge >= 0.3 is 0 Å². The van der Waals surface area contributed by atoms with Gasteiger partial charge in [-0.2, -0.15) is 0 Å². The zero-order valence-electron chi connectivity index (χ0n) is 11.4. The van der Waals surface area contributed by atoms with Crippen LogP contribution in [0.1, 0.15) is 18.4 Å². The van der Waals surface area contributed by atoms with Gasteiger partial charge in [0.25, 0.3) is 0 Å². The van der Waals surface area contributed by atoms with E-state index in [1.807, 2.05) is 24.3 Å². The minimum atomic E-state index is -0.0887. The van der Waals surface area contributed by atoms with Gasteiger partial charge in [-0.15, -0.1) is 0 Å². The fraction of sp³-hybridized carbons (Fsp3) is 0.429. The average molecular weight is 264 g/mol. The average Bonchev–Trinajstić information content (AvgIpc) is 2.43. The van der Waals surface area contributed by atoms with E-state index in [1.54, 1.807) is 14.2 Å². The number of para-hydroxylation sites is 1. The summed E-state index contributed by atoms with van der Waals surface area (Å²) >= 11 is 0. The summed E-state index contributed by atoms with van der Waals surface area (Å²) in [6.45, 7) is 0.395. The van der Waals surface area contributed by atoms with Gasteiger partial charge in [0, 0.05) is 26.3 Å². The van der Waals surface area contributed by atoms with Crippen LogP contribution in [0.4, 0.5) is 5.69 Å². The second-order valence-corrected chi connectivity index (χ2v) is 4.12. The summed E-state index contributed by atoms with van der Waals surface area (Å²) in [5.41, 5.74) is 1.71. The lowest BCUT2D eigenvalue weighted by molar-refractivity contribution is -0.120. The number of anilines is 1. The summed E-state index contributed by atoms with van der Waals surface area (Å²) in [5, 5.41) is 5.42. The molecule has 2 amide bonds. The molecule has 1 rings (SSSR count). The van der Waals surface area contributed by atoms with E-state index in [2.05, 4.69) is 10.6 Å². The van der Waals surface area contributed by atoms with Crippen LogP contribution < -0.4 is 10.6 Å². The third-order valence-corrected chi connectivity index (χ3v) is 2.72. The molecule has 1 aromatic rings. The molecule has 0 atom stereocenters. The maximum Gasteiger partial charge on any atom is 0.226 e. The smallest absolute Gasteiger partial charge is 0.226 e. The van der Waals surface area contributed by atoms with Crippen LogP contribution in [0.25, 0.3) is 0 Å². The van der Waals surface area contributed by atoms with Gasteiger partial charge in [0.2, 0.25) is 11.8 Å². The Hall–Kier alpha value is -1.88. The molecule has 5 nitrogen and oxygen atoms in total. The van der Waals surface area contributed by atoms with Crippen LogP contribution in [0.15, 0.2) is 24.3 Å². The van der Waals surface area contributed by atoms with Crippen molar-refractivity contribution in [3.8, 4) is 0 Å². The predicted molar refractivity (Wildman–Crippen MR) is 74.0 cm³/mol. The van der Waals surface area contributed by atoms with Crippen LogP contribution in [0.3, 0.4) is 0 Å². The molecule has 0 heterocycles. The summed E-state index contributed by atoms with van der Waals surface area (Å²) in [4.78, 5) is 22.9. The van der Waals surface area contributed by atoms with Crippen molar-refractivity contribution in [2.24, 2.45) is 0 Å². The van der Waals surface area contributed by atoms with Crippen LogP contribution in [0.2, 0.25) is 0 Å². The van der Waals surface area contributed by atoms with E-state index in [0.717, 1.165) is 11.3 Å². The molecule has 0 aromatic heterocycles. The van der Waals surface area contributed by atoms with Gasteiger partial charge in [-0.25, -0.2) is 0 Å². The Morgan fingerprint density at radius 1 is 1.16 bits per heavy atom. The molecule has 0 aliphatic rings. The van der Waals surface area contributed by atoms with Gasteiger partial charge < -0.3 is 15.4 Å². The van der Waals surface area contributed by atoms with E-state index in [4.69, 9.17) is 4.74 Å². The summed E-state index contributed by atoms with van der Waals surface area (Å²) in [7, 11) is 3.17. The van der Waals surface area contributed by atoms with Gasteiger partial charge in [-0.1, -0.05) is 18.2 Å².